The fourth-order valence-electron chi connectivity index (χ4n) is 4.48. The summed E-state index contributed by atoms with van der Waals surface area (Å²) in [6.07, 6.45) is 5.30. The maximum absolute atomic E-state index is 6.20. The van der Waals surface area contributed by atoms with E-state index in [4.69, 9.17) is 14.2 Å². The van der Waals surface area contributed by atoms with Crippen molar-refractivity contribution in [2.24, 2.45) is 0 Å². The van der Waals surface area contributed by atoms with Crippen LogP contribution in [-0.2, 0) is 19.6 Å². The molecule has 0 radical (unpaired) electrons. The smallest absolute Gasteiger partial charge is 0.207 e. The summed E-state index contributed by atoms with van der Waals surface area (Å²) in [5.41, 5.74) is 7.01. The zero-order valence-corrected chi connectivity index (χ0v) is 23.9. The molecule has 5 heteroatoms. The Morgan fingerprint density at radius 2 is 1.37 bits per heavy atom. The second-order valence-corrected chi connectivity index (χ2v) is 9.17. The molecule has 0 atom stereocenters. The second-order valence-electron chi connectivity index (χ2n) is 9.17. The van der Waals surface area contributed by atoms with Gasteiger partial charge in [-0.2, -0.15) is 0 Å². The molecule has 0 unspecified atom stereocenters. The minimum Gasteiger partial charge on any atom is -1.00 e. The number of nitrogens with zero attached hydrogens (tertiary/aromatic N) is 1. The quantitative estimate of drug-likeness (QED) is 0.213. The average molecular weight is 618 g/mol. The first-order valence-electron chi connectivity index (χ1n) is 12.6. The Morgan fingerprint density at radius 1 is 0.737 bits per heavy atom. The molecular weight excluding hydrogens is 585 g/mol. The number of hydrogen-bond donors (Lipinski definition) is 0. The van der Waals surface area contributed by atoms with E-state index in [0.29, 0.717) is 13.2 Å². The number of likely N-dealkylation sites (N-methyl/N-ethyl adjacent to an activating group) is 1. The predicted molar refractivity (Wildman–Crippen MR) is 149 cm³/mol. The van der Waals surface area contributed by atoms with Crippen molar-refractivity contribution < 1.29 is 42.8 Å². The topological polar surface area (TPSA) is 30.7 Å². The maximum Gasteiger partial charge on any atom is 0.207 e. The molecule has 4 nitrogen and oxygen atoms in total. The molecule has 0 N–H and O–H groups in total. The summed E-state index contributed by atoms with van der Waals surface area (Å²) >= 11 is 0. The van der Waals surface area contributed by atoms with Crippen LogP contribution in [0.25, 0.3) is 6.08 Å². The summed E-state index contributed by atoms with van der Waals surface area (Å²) < 4.78 is 20.1. The highest BCUT2D eigenvalue weighted by Crippen LogP contribution is 2.33. The molecule has 0 saturated heterocycles. The van der Waals surface area contributed by atoms with Gasteiger partial charge in [0.1, 0.15) is 32.6 Å². The minimum atomic E-state index is 0. The van der Waals surface area contributed by atoms with Gasteiger partial charge in [-0.15, -0.1) is 0 Å². The van der Waals surface area contributed by atoms with Crippen LogP contribution in [0.3, 0.4) is 0 Å². The second kappa shape index (κ2) is 13.3. The van der Waals surface area contributed by atoms with Gasteiger partial charge < -0.3 is 38.2 Å². The van der Waals surface area contributed by atoms with Crippen LogP contribution in [0, 0.1) is 0 Å². The first-order valence-corrected chi connectivity index (χ1v) is 12.6. The van der Waals surface area contributed by atoms with E-state index >= 15 is 0 Å². The van der Waals surface area contributed by atoms with Crippen LogP contribution in [0.2, 0.25) is 0 Å². The van der Waals surface area contributed by atoms with Gasteiger partial charge in [-0.3, -0.25) is 0 Å². The van der Waals surface area contributed by atoms with Crippen molar-refractivity contribution in [3.8, 4) is 17.2 Å². The zero-order valence-electron chi connectivity index (χ0n) is 21.8. The van der Waals surface area contributed by atoms with E-state index in [9.17, 15) is 0 Å². The van der Waals surface area contributed by atoms with Gasteiger partial charge in [-0.05, 0) is 52.6 Å². The SMILES string of the molecule is COc1cc2c(cc1OCc1ccccc1)C(/C=C/c1ccc(OCc3ccccc3)cc1)=[N+](C)CC2.[I-]. The van der Waals surface area contributed by atoms with Crippen LogP contribution < -0.4 is 38.2 Å². The van der Waals surface area contributed by atoms with E-state index in [2.05, 4.69) is 72.3 Å². The summed E-state index contributed by atoms with van der Waals surface area (Å²) in [7, 11) is 3.83. The summed E-state index contributed by atoms with van der Waals surface area (Å²) in [4.78, 5) is 0. The minimum absolute atomic E-state index is 0. The molecule has 0 saturated carbocycles. The molecule has 38 heavy (non-hydrogen) atoms. The normalized spacial score (nSPS) is 12.6. The molecule has 4 aromatic rings. The van der Waals surface area contributed by atoms with E-state index in [-0.39, 0.29) is 24.0 Å². The highest BCUT2D eigenvalue weighted by atomic mass is 127. The van der Waals surface area contributed by atoms with Crippen LogP contribution >= 0.6 is 0 Å². The van der Waals surface area contributed by atoms with Crippen LogP contribution in [0.1, 0.15) is 27.8 Å². The highest BCUT2D eigenvalue weighted by molar-refractivity contribution is 6.09. The van der Waals surface area contributed by atoms with Gasteiger partial charge in [0.25, 0.3) is 0 Å². The third-order valence-corrected chi connectivity index (χ3v) is 6.59. The Morgan fingerprint density at radius 3 is 2.00 bits per heavy atom. The van der Waals surface area contributed by atoms with Crippen molar-refractivity contribution in [2.45, 2.75) is 19.6 Å². The molecule has 5 rings (SSSR count). The number of allylic oxidation sites excluding steroid dienone is 1. The van der Waals surface area contributed by atoms with Crippen molar-refractivity contribution in [3.63, 3.8) is 0 Å². The summed E-state index contributed by atoms with van der Waals surface area (Å²) in [5.74, 6) is 2.39. The lowest BCUT2D eigenvalue weighted by molar-refractivity contribution is -0.497. The summed E-state index contributed by atoms with van der Waals surface area (Å²) in [5, 5.41) is 0. The fourth-order valence-corrected chi connectivity index (χ4v) is 4.48. The molecule has 0 fully saturated rings. The van der Waals surface area contributed by atoms with Crippen LogP contribution in [0.15, 0.2) is 103 Å². The molecular formula is C33H32INO3. The molecule has 0 bridgehead atoms. The number of methoxy groups -OCH3 is 1. The number of fused-ring (bicyclic) bond motifs is 1. The third kappa shape index (κ3) is 6.84. The van der Waals surface area contributed by atoms with Gasteiger partial charge in [0, 0.05) is 12.5 Å². The van der Waals surface area contributed by atoms with Crippen LogP contribution in [0.4, 0.5) is 0 Å². The molecule has 4 aromatic carbocycles. The molecule has 0 aliphatic carbocycles. The number of hydrogen-bond acceptors (Lipinski definition) is 3. The van der Waals surface area contributed by atoms with E-state index in [1.807, 2.05) is 48.5 Å². The Bertz CT molecular complexity index is 1400. The Hall–Kier alpha value is -3.58. The fraction of sp³-hybridized carbons (Fsp3) is 0.182. The standard InChI is InChI=1S/C33H32NO3.HI/c1-34-20-19-28-21-32(35-2)33(37-24-27-11-7-4-8-12-27)22-30(28)31(34)18-15-25-13-16-29(17-14-25)36-23-26-9-5-3-6-10-26;/h3-18,21-22H,19-20,23-24H2,1-2H3;1H/q+1;/p-1/b18-15+;. The largest absolute Gasteiger partial charge is 1.00 e. The van der Waals surface area contributed by atoms with E-state index < -0.39 is 0 Å². The van der Waals surface area contributed by atoms with Crippen LogP contribution in [-0.4, -0.2) is 31.0 Å². The van der Waals surface area contributed by atoms with E-state index in [0.717, 1.165) is 52.6 Å². The Kier molecular flexibility index (Phi) is 9.60. The molecule has 1 aliphatic rings. The lowest BCUT2D eigenvalue weighted by Gasteiger charge is -2.19. The zero-order chi connectivity index (χ0) is 25.5. The number of benzene rings is 4. The number of rotatable bonds is 9. The monoisotopic (exact) mass is 617 g/mol. The van der Waals surface area contributed by atoms with Crippen molar-refractivity contribution in [3.05, 3.63) is 131 Å². The van der Waals surface area contributed by atoms with Gasteiger partial charge in [-0.25, -0.2) is 4.58 Å². The first-order chi connectivity index (χ1) is 18.2. The van der Waals surface area contributed by atoms with Crippen molar-refractivity contribution in [1.82, 2.24) is 0 Å². The van der Waals surface area contributed by atoms with Gasteiger partial charge in [-0.1, -0.05) is 72.8 Å². The lowest BCUT2D eigenvalue weighted by atomic mass is 9.95. The maximum atomic E-state index is 6.20. The van der Waals surface area contributed by atoms with Crippen molar-refractivity contribution in [2.75, 3.05) is 20.7 Å². The van der Waals surface area contributed by atoms with Crippen molar-refractivity contribution in [1.29, 1.82) is 0 Å². The summed E-state index contributed by atoms with van der Waals surface area (Å²) in [6, 6.07) is 32.9. The van der Waals surface area contributed by atoms with Gasteiger partial charge >= 0.3 is 0 Å². The number of halogens is 1. The van der Waals surface area contributed by atoms with Gasteiger partial charge in [0.2, 0.25) is 5.71 Å². The average Bonchev–Trinajstić information content (AvgIpc) is 2.95. The van der Waals surface area contributed by atoms with Gasteiger partial charge in [0.05, 0.1) is 12.7 Å². The molecule has 1 aliphatic heterocycles. The number of ether oxygens (including phenoxy) is 3. The molecule has 1 heterocycles. The van der Waals surface area contributed by atoms with E-state index in [1.54, 1.807) is 7.11 Å². The molecule has 0 aromatic heterocycles. The van der Waals surface area contributed by atoms with Crippen LogP contribution in [0.5, 0.6) is 17.2 Å². The van der Waals surface area contributed by atoms with Gasteiger partial charge in [0.15, 0.2) is 11.5 Å². The Balaban J connectivity index is 0.00000336. The third-order valence-electron chi connectivity index (χ3n) is 6.59. The predicted octanol–water partition coefficient (Wildman–Crippen LogP) is 3.56. The van der Waals surface area contributed by atoms with E-state index in [1.165, 1.54) is 11.1 Å². The molecule has 0 spiro atoms. The summed E-state index contributed by atoms with van der Waals surface area (Å²) in [6.45, 7) is 2.01. The molecule has 0 amide bonds. The lowest BCUT2D eigenvalue weighted by Crippen LogP contribution is -3.00. The van der Waals surface area contributed by atoms with Crippen molar-refractivity contribution >= 4 is 11.8 Å². The Labute approximate surface area is 242 Å². The molecule has 194 valence electrons. The first kappa shape index (κ1) is 27.5. The highest BCUT2D eigenvalue weighted by Gasteiger charge is 2.24.